The van der Waals surface area contributed by atoms with Crippen molar-refractivity contribution in [2.75, 3.05) is 27.2 Å². The van der Waals surface area contributed by atoms with Crippen LogP contribution in [0.1, 0.15) is 54.9 Å². The zero-order valence-corrected chi connectivity index (χ0v) is 20.9. The van der Waals surface area contributed by atoms with Crippen molar-refractivity contribution < 1.29 is 9.53 Å². The van der Waals surface area contributed by atoms with E-state index in [2.05, 4.69) is 61.5 Å². The molecule has 1 aromatic carbocycles. The highest BCUT2D eigenvalue weighted by Crippen LogP contribution is 2.31. The summed E-state index contributed by atoms with van der Waals surface area (Å²) in [7, 11) is 3.44. The van der Waals surface area contributed by atoms with Gasteiger partial charge in [-0.2, -0.15) is 5.10 Å². The fraction of sp³-hybridized carbons (Fsp3) is 0.481. The SMILES string of the molecule is C=C1/C=C(/C(C)N2CCC(c3ccc(C(=O)OC)cc3)CC2)N(C)/N=C\C=C/1B(C)CCC. The van der Waals surface area contributed by atoms with E-state index in [0.29, 0.717) is 18.2 Å². The number of carbonyl (C=O) groups excluding carboxylic acids is 1. The Bertz CT molecular complexity index is 927. The number of piperidine rings is 1. The Balaban J connectivity index is 1.67. The number of benzene rings is 1. The van der Waals surface area contributed by atoms with E-state index in [-0.39, 0.29) is 12.0 Å². The Kier molecular flexibility index (Phi) is 8.73. The van der Waals surface area contributed by atoms with Crippen LogP contribution in [0.2, 0.25) is 13.1 Å². The molecule has 6 heteroatoms. The van der Waals surface area contributed by atoms with Gasteiger partial charge in [0.15, 0.2) is 6.71 Å². The smallest absolute Gasteiger partial charge is 0.337 e. The highest BCUT2D eigenvalue weighted by Gasteiger charge is 2.28. The first-order valence-corrected chi connectivity index (χ1v) is 12.2. The van der Waals surface area contributed by atoms with Gasteiger partial charge in [0.25, 0.3) is 0 Å². The Morgan fingerprint density at radius 3 is 2.55 bits per heavy atom. The van der Waals surface area contributed by atoms with Crippen LogP contribution < -0.4 is 0 Å². The van der Waals surface area contributed by atoms with Crippen molar-refractivity contribution in [2.45, 2.75) is 58.2 Å². The topological polar surface area (TPSA) is 45.1 Å². The molecule has 1 fully saturated rings. The maximum absolute atomic E-state index is 11.7. The highest BCUT2D eigenvalue weighted by atomic mass is 16.5. The second kappa shape index (κ2) is 11.5. The van der Waals surface area contributed by atoms with Gasteiger partial charge in [-0.25, -0.2) is 4.79 Å². The van der Waals surface area contributed by atoms with Crippen molar-refractivity contribution >= 4 is 18.9 Å². The lowest BCUT2D eigenvalue weighted by Gasteiger charge is -2.39. The molecule has 2 aliphatic rings. The maximum Gasteiger partial charge on any atom is 0.337 e. The van der Waals surface area contributed by atoms with Gasteiger partial charge in [-0.05, 0) is 74.2 Å². The Morgan fingerprint density at radius 2 is 1.94 bits per heavy atom. The Hall–Kier alpha value is -2.60. The molecule has 5 nitrogen and oxygen atoms in total. The van der Waals surface area contributed by atoms with Gasteiger partial charge >= 0.3 is 5.97 Å². The van der Waals surface area contributed by atoms with Gasteiger partial charge in [0.1, 0.15) is 0 Å². The van der Waals surface area contributed by atoms with Gasteiger partial charge in [-0.3, -0.25) is 9.91 Å². The quantitative estimate of drug-likeness (QED) is 0.414. The summed E-state index contributed by atoms with van der Waals surface area (Å²) in [5, 5.41) is 6.65. The van der Waals surface area contributed by atoms with Crippen molar-refractivity contribution in [2.24, 2.45) is 5.10 Å². The van der Waals surface area contributed by atoms with Gasteiger partial charge in [0.2, 0.25) is 0 Å². The van der Waals surface area contributed by atoms with Crippen molar-refractivity contribution in [1.29, 1.82) is 0 Å². The van der Waals surface area contributed by atoms with E-state index in [9.17, 15) is 4.79 Å². The minimum Gasteiger partial charge on any atom is -0.465 e. The van der Waals surface area contributed by atoms with Gasteiger partial charge in [0, 0.05) is 19.3 Å². The summed E-state index contributed by atoms with van der Waals surface area (Å²) >= 11 is 0. The molecule has 3 rings (SSSR count). The van der Waals surface area contributed by atoms with Crippen LogP contribution in [0.25, 0.3) is 0 Å². The number of likely N-dealkylation sites (N-methyl/N-ethyl adjacent to an activating group) is 1. The molecule has 2 heterocycles. The third-order valence-corrected chi connectivity index (χ3v) is 7.12. The number of nitrogens with zero attached hydrogens (tertiary/aromatic N) is 3. The molecule has 0 aromatic heterocycles. The molecule has 1 atom stereocenters. The molecular formula is C27H38BN3O2. The van der Waals surface area contributed by atoms with Crippen LogP contribution in [0.4, 0.5) is 0 Å². The van der Waals surface area contributed by atoms with Crippen LogP contribution in [-0.2, 0) is 4.74 Å². The Morgan fingerprint density at radius 1 is 1.27 bits per heavy atom. The van der Waals surface area contributed by atoms with Crippen molar-refractivity contribution in [3.05, 3.63) is 70.9 Å². The number of carbonyl (C=O) groups is 1. The van der Waals surface area contributed by atoms with E-state index in [4.69, 9.17) is 4.74 Å². The number of ether oxygens (including phenoxy) is 1. The van der Waals surface area contributed by atoms with E-state index in [1.165, 1.54) is 23.8 Å². The molecule has 0 aliphatic carbocycles. The molecule has 1 unspecified atom stereocenters. The third-order valence-electron chi connectivity index (χ3n) is 7.12. The summed E-state index contributed by atoms with van der Waals surface area (Å²) in [5.74, 6) is 0.231. The summed E-state index contributed by atoms with van der Waals surface area (Å²) in [6.45, 7) is 13.7. The fourth-order valence-electron chi connectivity index (χ4n) is 5.02. The maximum atomic E-state index is 11.7. The normalized spacial score (nSPS) is 22.9. The average molecular weight is 447 g/mol. The lowest BCUT2D eigenvalue weighted by atomic mass is 9.42. The molecule has 33 heavy (non-hydrogen) atoms. The Labute approximate surface area is 199 Å². The van der Waals surface area contributed by atoms with E-state index in [1.54, 1.807) is 0 Å². The molecule has 0 N–H and O–H groups in total. The van der Waals surface area contributed by atoms with Gasteiger partial charge < -0.3 is 4.74 Å². The molecule has 0 bridgehead atoms. The first-order chi connectivity index (χ1) is 15.8. The predicted octanol–water partition coefficient (Wildman–Crippen LogP) is 5.41. The first-order valence-electron chi connectivity index (χ1n) is 12.2. The first kappa shape index (κ1) is 25.0. The molecule has 2 aliphatic heterocycles. The molecule has 1 aromatic rings. The van der Waals surface area contributed by atoms with Crippen LogP contribution in [0, 0.1) is 0 Å². The minimum atomic E-state index is -0.284. The summed E-state index contributed by atoms with van der Waals surface area (Å²) in [6.07, 6.45) is 10.8. The molecule has 1 saturated heterocycles. The number of hydrogen-bond acceptors (Lipinski definition) is 5. The number of rotatable bonds is 7. The standard InChI is InChI=1S/C27H38BN3O2/c1-7-15-28(4)25-12-16-29-30(5)26(19-20(25)2)21(3)31-17-13-23(14-18-31)22-8-10-24(11-9-22)27(32)33-6/h8-12,16,19,21,23H,2,7,13-15,17-18H2,1,3-6H3/b25-12+,26-19-,29-16-. The number of likely N-dealkylation sites (tertiary alicyclic amines) is 1. The van der Waals surface area contributed by atoms with E-state index in [1.807, 2.05) is 30.4 Å². The predicted molar refractivity (Wildman–Crippen MR) is 139 cm³/mol. The third kappa shape index (κ3) is 6.05. The number of methoxy groups -OCH3 is 1. The van der Waals surface area contributed by atoms with Crippen molar-refractivity contribution in [1.82, 2.24) is 9.91 Å². The molecule has 0 spiro atoms. The molecule has 0 saturated carbocycles. The monoisotopic (exact) mass is 447 g/mol. The minimum absolute atomic E-state index is 0.257. The zero-order chi connectivity index (χ0) is 24.0. The molecule has 0 radical (unpaired) electrons. The summed E-state index contributed by atoms with van der Waals surface area (Å²) in [5.41, 5.74) is 5.47. The van der Waals surface area contributed by atoms with Crippen LogP contribution in [0.5, 0.6) is 0 Å². The number of esters is 1. The lowest BCUT2D eigenvalue weighted by Crippen LogP contribution is -2.43. The molecule has 0 amide bonds. The summed E-state index contributed by atoms with van der Waals surface area (Å²) in [4.78, 5) is 14.2. The molecular weight excluding hydrogens is 409 g/mol. The van der Waals surface area contributed by atoms with Gasteiger partial charge in [0.05, 0.1) is 18.4 Å². The van der Waals surface area contributed by atoms with Crippen LogP contribution >= 0.6 is 0 Å². The highest BCUT2D eigenvalue weighted by molar-refractivity contribution is 6.67. The van der Waals surface area contributed by atoms with Crippen molar-refractivity contribution in [3.8, 4) is 0 Å². The van der Waals surface area contributed by atoms with E-state index < -0.39 is 0 Å². The second-order valence-corrected chi connectivity index (χ2v) is 9.29. The van der Waals surface area contributed by atoms with Crippen LogP contribution in [0.3, 0.4) is 0 Å². The average Bonchev–Trinajstić information content (AvgIpc) is 2.83. The van der Waals surface area contributed by atoms with Gasteiger partial charge in [-0.1, -0.05) is 50.7 Å². The van der Waals surface area contributed by atoms with Crippen LogP contribution in [0.15, 0.2) is 64.8 Å². The van der Waals surface area contributed by atoms with Gasteiger partial charge in [-0.15, -0.1) is 0 Å². The van der Waals surface area contributed by atoms with E-state index in [0.717, 1.165) is 44.2 Å². The number of allylic oxidation sites excluding steroid dienone is 4. The largest absolute Gasteiger partial charge is 0.465 e. The second-order valence-electron chi connectivity index (χ2n) is 9.29. The number of hydrogen-bond donors (Lipinski definition) is 0. The zero-order valence-electron chi connectivity index (χ0n) is 20.9. The molecule has 176 valence electrons. The van der Waals surface area contributed by atoms with E-state index >= 15 is 0 Å². The fourth-order valence-corrected chi connectivity index (χ4v) is 5.02. The van der Waals surface area contributed by atoms with Crippen molar-refractivity contribution in [3.63, 3.8) is 0 Å². The summed E-state index contributed by atoms with van der Waals surface area (Å²) < 4.78 is 4.81. The van der Waals surface area contributed by atoms with Crippen LogP contribution in [-0.4, -0.2) is 62.1 Å². The summed E-state index contributed by atoms with van der Waals surface area (Å²) in [6, 6.07) is 8.15. The number of hydrazone groups is 1. The lowest BCUT2D eigenvalue weighted by molar-refractivity contribution is 0.0600.